The molecule has 0 aliphatic carbocycles. The Balaban J connectivity index is 2.78. The summed E-state index contributed by atoms with van der Waals surface area (Å²) in [6, 6.07) is 1.39. The summed E-state index contributed by atoms with van der Waals surface area (Å²) in [6.45, 7) is 2.84. The summed E-state index contributed by atoms with van der Waals surface area (Å²) in [7, 11) is 3.37. The zero-order chi connectivity index (χ0) is 14.4. The van der Waals surface area contributed by atoms with Crippen LogP contribution >= 0.6 is 0 Å². The monoisotopic (exact) mass is 267 g/mol. The molecule has 0 bridgehead atoms. The van der Waals surface area contributed by atoms with E-state index in [1.165, 1.54) is 26.3 Å². The number of aryl methyl sites for hydroxylation is 1. The third kappa shape index (κ3) is 4.08. The second kappa shape index (κ2) is 6.92. The van der Waals surface area contributed by atoms with Crippen LogP contribution in [0.1, 0.15) is 26.2 Å². The third-order valence-electron chi connectivity index (χ3n) is 2.88. The summed E-state index contributed by atoms with van der Waals surface area (Å²) in [5.41, 5.74) is -0.610. The van der Waals surface area contributed by atoms with Crippen LogP contribution in [0.5, 0.6) is 0 Å². The molecule has 6 nitrogen and oxygen atoms in total. The van der Waals surface area contributed by atoms with Gasteiger partial charge in [-0.25, -0.2) is 4.79 Å². The molecular formula is C13H21N3O3. The van der Waals surface area contributed by atoms with Crippen molar-refractivity contribution in [3.63, 3.8) is 0 Å². The van der Waals surface area contributed by atoms with Gasteiger partial charge in [-0.3, -0.25) is 14.2 Å². The lowest BCUT2D eigenvalue weighted by molar-refractivity contribution is -0.128. The van der Waals surface area contributed by atoms with Crippen molar-refractivity contribution >= 4 is 5.91 Å². The average molecular weight is 267 g/mol. The van der Waals surface area contributed by atoms with Crippen LogP contribution in [-0.4, -0.2) is 34.0 Å². The van der Waals surface area contributed by atoms with Crippen molar-refractivity contribution in [1.82, 2.24) is 14.0 Å². The molecular weight excluding hydrogens is 246 g/mol. The first-order valence-corrected chi connectivity index (χ1v) is 6.47. The van der Waals surface area contributed by atoms with Gasteiger partial charge in [-0.2, -0.15) is 0 Å². The van der Waals surface area contributed by atoms with Crippen LogP contribution in [0.15, 0.2) is 21.9 Å². The summed E-state index contributed by atoms with van der Waals surface area (Å²) in [5.74, 6) is -0.00198. The Morgan fingerprint density at radius 2 is 1.95 bits per heavy atom. The minimum Gasteiger partial charge on any atom is -0.349 e. The topological polar surface area (TPSA) is 64.3 Å². The zero-order valence-electron chi connectivity index (χ0n) is 11.8. The van der Waals surface area contributed by atoms with Gasteiger partial charge in [-0.05, 0) is 12.8 Å². The molecule has 106 valence electrons. The van der Waals surface area contributed by atoms with Gasteiger partial charge in [-0.1, -0.05) is 6.92 Å². The van der Waals surface area contributed by atoms with Crippen molar-refractivity contribution in [2.75, 3.05) is 14.1 Å². The molecule has 6 heteroatoms. The van der Waals surface area contributed by atoms with Crippen molar-refractivity contribution in [3.8, 4) is 0 Å². The van der Waals surface area contributed by atoms with E-state index in [0.29, 0.717) is 19.4 Å². The van der Waals surface area contributed by atoms with Crippen LogP contribution < -0.4 is 11.2 Å². The summed E-state index contributed by atoms with van der Waals surface area (Å²) in [4.78, 5) is 36.6. The maximum absolute atomic E-state index is 12.0. The second-order valence-electron chi connectivity index (χ2n) is 4.67. The average Bonchev–Trinajstić information content (AvgIpc) is 2.36. The summed E-state index contributed by atoms with van der Waals surface area (Å²) < 4.78 is 2.72. The number of carbonyl (C=O) groups is 1. The maximum Gasteiger partial charge on any atom is 0.330 e. The summed E-state index contributed by atoms with van der Waals surface area (Å²) in [5, 5.41) is 0. The van der Waals surface area contributed by atoms with Gasteiger partial charge in [0.25, 0.3) is 5.56 Å². The smallest absolute Gasteiger partial charge is 0.330 e. The van der Waals surface area contributed by atoms with Crippen LogP contribution in [-0.2, 0) is 17.9 Å². The molecule has 0 spiro atoms. The van der Waals surface area contributed by atoms with Gasteiger partial charge in [0.15, 0.2) is 0 Å². The van der Waals surface area contributed by atoms with Gasteiger partial charge in [0.2, 0.25) is 5.91 Å². The number of nitrogens with zero attached hydrogens (tertiary/aromatic N) is 3. The molecule has 0 saturated carbocycles. The van der Waals surface area contributed by atoms with Gasteiger partial charge < -0.3 is 9.47 Å². The highest BCUT2D eigenvalue weighted by Gasteiger charge is 2.07. The first-order chi connectivity index (χ1) is 8.97. The summed E-state index contributed by atoms with van der Waals surface area (Å²) >= 11 is 0. The maximum atomic E-state index is 12.0. The number of carbonyl (C=O) groups excluding carboxylic acids is 1. The van der Waals surface area contributed by atoms with E-state index in [0.717, 1.165) is 6.42 Å². The SMILES string of the molecule is CCCn1ccc(=O)n(CCCC(=O)N(C)C)c1=O. The predicted octanol–water partition coefficient (Wildman–Crippen LogP) is 0.288. The van der Waals surface area contributed by atoms with Crippen molar-refractivity contribution in [3.05, 3.63) is 33.1 Å². The molecule has 0 N–H and O–H groups in total. The minimum absolute atomic E-state index is 0.00198. The molecule has 0 radical (unpaired) electrons. The van der Waals surface area contributed by atoms with Gasteiger partial charge in [-0.15, -0.1) is 0 Å². The lowest BCUT2D eigenvalue weighted by atomic mass is 10.3. The van der Waals surface area contributed by atoms with Gasteiger partial charge in [0, 0.05) is 45.9 Å². The first-order valence-electron chi connectivity index (χ1n) is 6.47. The molecule has 0 fully saturated rings. The largest absolute Gasteiger partial charge is 0.349 e. The van der Waals surface area contributed by atoms with Crippen molar-refractivity contribution < 1.29 is 4.79 Å². The molecule has 0 aromatic carbocycles. The van der Waals surface area contributed by atoms with E-state index in [9.17, 15) is 14.4 Å². The highest BCUT2D eigenvalue weighted by molar-refractivity contribution is 5.75. The Labute approximate surface area is 112 Å². The molecule has 1 aromatic heterocycles. The third-order valence-corrected chi connectivity index (χ3v) is 2.88. The predicted molar refractivity (Wildman–Crippen MR) is 73.2 cm³/mol. The fourth-order valence-electron chi connectivity index (χ4n) is 1.79. The molecule has 0 unspecified atom stereocenters. The number of aromatic nitrogens is 2. The molecule has 1 amide bonds. The van der Waals surface area contributed by atoms with E-state index in [-0.39, 0.29) is 23.7 Å². The Bertz CT molecular complexity index is 543. The van der Waals surface area contributed by atoms with Crippen LogP contribution in [0.25, 0.3) is 0 Å². The normalized spacial score (nSPS) is 10.5. The Kier molecular flexibility index (Phi) is 5.54. The van der Waals surface area contributed by atoms with E-state index in [4.69, 9.17) is 0 Å². The van der Waals surface area contributed by atoms with E-state index < -0.39 is 0 Å². The number of rotatable bonds is 6. The van der Waals surface area contributed by atoms with Gasteiger partial charge >= 0.3 is 5.69 Å². The standard InChI is InChI=1S/C13H21N3O3/c1-4-8-15-10-7-12(18)16(13(15)19)9-5-6-11(17)14(2)3/h7,10H,4-6,8-9H2,1-3H3. The lowest BCUT2D eigenvalue weighted by Gasteiger charge is -2.11. The molecule has 0 aliphatic rings. The van der Waals surface area contributed by atoms with E-state index in [1.807, 2.05) is 6.92 Å². The van der Waals surface area contributed by atoms with Crippen molar-refractivity contribution in [2.45, 2.75) is 39.3 Å². The zero-order valence-corrected chi connectivity index (χ0v) is 11.8. The second-order valence-corrected chi connectivity index (χ2v) is 4.67. The van der Waals surface area contributed by atoms with E-state index >= 15 is 0 Å². The highest BCUT2D eigenvalue weighted by Crippen LogP contribution is 1.95. The number of amides is 1. The van der Waals surface area contributed by atoms with Crippen molar-refractivity contribution in [2.24, 2.45) is 0 Å². The highest BCUT2D eigenvalue weighted by atomic mass is 16.2. The summed E-state index contributed by atoms with van der Waals surface area (Å²) in [6.07, 6.45) is 3.18. The minimum atomic E-state index is -0.311. The van der Waals surface area contributed by atoms with Crippen LogP contribution in [0, 0.1) is 0 Å². The molecule has 0 saturated heterocycles. The quantitative estimate of drug-likeness (QED) is 0.744. The fraction of sp³-hybridized carbons (Fsp3) is 0.615. The molecule has 0 aliphatic heterocycles. The molecule has 19 heavy (non-hydrogen) atoms. The Morgan fingerprint density at radius 1 is 1.26 bits per heavy atom. The first kappa shape index (κ1) is 15.2. The molecule has 1 heterocycles. The van der Waals surface area contributed by atoms with Gasteiger partial charge in [0.05, 0.1) is 0 Å². The molecule has 1 aromatic rings. The van der Waals surface area contributed by atoms with Crippen LogP contribution in [0.2, 0.25) is 0 Å². The number of hydrogen-bond donors (Lipinski definition) is 0. The van der Waals surface area contributed by atoms with Gasteiger partial charge in [0.1, 0.15) is 0 Å². The van der Waals surface area contributed by atoms with Crippen LogP contribution in [0.4, 0.5) is 0 Å². The van der Waals surface area contributed by atoms with E-state index in [1.54, 1.807) is 14.1 Å². The van der Waals surface area contributed by atoms with E-state index in [2.05, 4.69) is 0 Å². The molecule has 0 atom stereocenters. The number of hydrogen-bond acceptors (Lipinski definition) is 3. The Hall–Kier alpha value is -1.85. The van der Waals surface area contributed by atoms with Crippen molar-refractivity contribution in [1.29, 1.82) is 0 Å². The van der Waals surface area contributed by atoms with Crippen LogP contribution in [0.3, 0.4) is 0 Å². The lowest BCUT2D eigenvalue weighted by Crippen LogP contribution is -2.39. The Morgan fingerprint density at radius 3 is 2.53 bits per heavy atom. The fourth-order valence-corrected chi connectivity index (χ4v) is 1.79. The molecule has 1 rings (SSSR count).